The van der Waals surface area contributed by atoms with Gasteiger partial charge >= 0.3 is 6.18 Å². The van der Waals surface area contributed by atoms with Crippen LogP contribution in [0.5, 0.6) is 5.75 Å². The molecule has 8 nitrogen and oxygen atoms in total. The Morgan fingerprint density at radius 2 is 1.94 bits per heavy atom. The number of nitrogens with zero attached hydrogens (tertiary/aromatic N) is 4. The van der Waals surface area contributed by atoms with Crippen LogP contribution in [0, 0.1) is 0 Å². The van der Waals surface area contributed by atoms with Gasteiger partial charge in [0.25, 0.3) is 5.91 Å². The molecule has 1 aliphatic heterocycles. The molecule has 1 amide bonds. The van der Waals surface area contributed by atoms with Crippen LogP contribution < -0.4 is 10.1 Å². The van der Waals surface area contributed by atoms with Gasteiger partial charge in [-0.15, -0.1) is 0 Å². The van der Waals surface area contributed by atoms with Crippen molar-refractivity contribution in [3.8, 4) is 17.0 Å². The molecule has 3 heterocycles. The highest BCUT2D eigenvalue weighted by atomic mass is 35.5. The van der Waals surface area contributed by atoms with Gasteiger partial charge in [0, 0.05) is 31.7 Å². The number of nitrogens with one attached hydrogen (secondary N) is 1. The topological polar surface area (TPSA) is 81.0 Å². The van der Waals surface area contributed by atoms with Crippen molar-refractivity contribution in [2.45, 2.75) is 6.18 Å². The van der Waals surface area contributed by atoms with Crippen LogP contribution in [-0.2, 0) is 10.9 Å². The van der Waals surface area contributed by atoms with E-state index in [9.17, 15) is 18.0 Å². The van der Waals surface area contributed by atoms with Crippen molar-refractivity contribution >= 4 is 23.2 Å². The van der Waals surface area contributed by atoms with Crippen LogP contribution >= 0.6 is 11.6 Å². The SMILES string of the molecule is COc1ccc(-c2cc(C(F)(F)F)n3nc(C(=O)NCCN4CCOCC4)c(Cl)c3n2)cc1. The second kappa shape index (κ2) is 9.54. The lowest BCUT2D eigenvalue weighted by Gasteiger charge is -2.26. The zero-order chi connectivity index (χ0) is 23.6. The monoisotopic (exact) mass is 483 g/mol. The van der Waals surface area contributed by atoms with Gasteiger partial charge in [-0.2, -0.15) is 18.3 Å². The van der Waals surface area contributed by atoms with Crippen LogP contribution in [0.4, 0.5) is 13.2 Å². The van der Waals surface area contributed by atoms with Gasteiger partial charge in [0.15, 0.2) is 17.0 Å². The number of alkyl halides is 3. The minimum atomic E-state index is -4.75. The molecule has 0 spiro atoms. The smallest absolute Gasteiger partial charge is 0.433 e. The van der Waals surface area contributed by atoms with Gasteiger partial charge in [-0.05, 0) is 30.3 Å². The summed E-state index contributed by atoms with van der Waals surface area (Å²) < 4.78 is 52.4. The van der Waals surface area contributed by atoms with E-state index < -0.39 is 17.8 Å². The third-order valence-corrected chi connectivity index (χ3v) is 5.59. The molecule has 1 fully saturated rings. The van der Waals surface area contributed by atoms with Gasteiger partial charge in [0.2, 0.25) is 0 Å². The summed E-state index contributed by atoms with van der Waals surface area (Å²) in [7, 11) is 1.49. The third-order valence-electron chi connectivity index (χ3n) is 5.24. The van der Waals surface area contributed by atoms with Gasteiger partial charge in [-0.25, -0.2) is 9.50 Å². The number of methoxy groups -OCH3 is 1. The maximum absolute atomic E-state index is 13.8. The maximum atomic E-state index is 13.8. The predicted octanol–water partition coefficient (Wildman–Crippen LogP) is 3.14. The first kappa shape index (κ1) is 23.3. The maximum Gasteiger partial charge on any atom is 0.433 e. The number of benzene rings is 1. The van der Waals surface area contributed by atoms with Crippen molar-refractivity contribution in [2.75, 3.05) is 46.5 Å². The number of halogens is 4. The van der Waals surface area contributed by atoms with Gasteiger partial charge in [-0.1, -0.05) is 11.6 Å². The first-order chi connectivity index (χ1) is 15.8. The zero-order valence-corrected chi connectivity index (χ0v) is 18.4. The Morgan fingerprint density at radius 3 is 2.58 bits per heavy atom. The molecule has 0 atom stereocenters. The molecule has 0 unspecified atom stereocenters. The van der Waals surface area contributed by atoms with Gasteiger partial charge in [0.05, 0.1) is 26.0 Å². The van der Waals surface area contributed by atoms with Crippen molar-refractivity contribution in [3.05, 3.63) is 46.7 Å². The average molecular weight is 484 g/mol. The first-order valence-electron chi connectivity index (χ1n) is 10.2. The molecule has 33 heavy (non-hydrogen) atoms. The fraction of sp³-hybridized carbons (Fsp3) is 0.381. The van der Waals surface area contributed by atoms with Crippen LogP contribution in [0.25, 0.3) is 16.9 Å². The third kappa shape index (κ3) is 5.05. The highest BCUT2D eigenvalue weighted by molar-refractivity contribution is 6.36. The normalized spacial score (nSPS) is 15.1. The molecule has 1 saturated heterocycles. The summed E-state index contributed by atoms with van der Waals surface area (Å²) in [4.78, 5) is 19.0. The highest BCUT2D eigenvalue weighted by Gasteiger charge is 2.36. The van der Waals surface area contributed by atoms with E-state index >= 15 is 0 Å². The molecule has 1 aliphatic rings. The summed E-state index contributed by atoms with van der Waals surface area (Å²) in [6.45, 7) is 3.60. The van der Waals surface area contributed by atoms with E-state index in [0.717, 1.165) is 19.2 Å². The number of ether oxygens (including phenoxy) is 2. The summed E-state index contributed by atoms with van der Waals surface area (Å²) in [5, 5.41) is 6.25. The van der Waals surface area contributed by atoms with Crippen molar-refractivity contribution in [1.29, 1.82) is 0 Å². The number of amides is 1. The number of carbonyl (C=O) groups is 1. The Balaban J connectivity index is 1.64. The number of aromatic nitrogens is 3. The fourth-order valence-electron chi connectivity index (χ4n) is 3.48. The first-order valence-corrected chi connectivity index (χ1v) is 10.5. The molecule has 1 N–H and O–H groups in total. The largest absolute Gasteiger partial charge is 0.497 e. The Morgan fingerprint density at radius 1 is 1.24 bits per heavy atom. The lowest BCUT2D eigenvalue weighted by Crippen LogP contribution is -2.41. The minimum absolute atomic E-state index is 0.0403. The standard InChI is InChI=1S/C21H21ClF3N5O3/c1-32-14-4-2-13(3-5-14)15-12-16(21(23,24)25)30-19(27-15)17(22)18(28-30)20(31)26-6-7-29-8-10-33-11-9-29/h2-5,12H,6-11H2,1H3,(H,26,31). The summed E-state index contributed by atoms with van der Waals surface area (Å²) in [6, 6.07) is 7.26. The second-order valence-corrected chi connectivity index (χ2v) is 7.74. The van der Waals surface area contributed by atoms with Crippen molar-refractivity contribution in [1.82, 2.24) is 24.8 Å². The van der Waals surface area contributed by atoms with Crippen LogP contribution in [-0.4, -0.2) is 71.9 Å². The highest BCUT2D eigenvalue weighted by Crippen LogP contribution is 2.34. The van der Waals surface area contributed by atoms with E-state index in [1.807, 2.05) is 0 Å². The van der Waals surface area contributed by atoms with E-state index in [4.69, 9.17) is 21.1 Å². The van der Waals surface area contributed by atoms with E-state index in [-0.39, 0.29) is 22.1 Å². The Hall–Kier alpha value is -2.89. The number of morpholine rings is 1. The van der Waals surface area contributed by atoms with Crippen molar-refractivity contribution in [2.24, 2.45) is 0 Å². The molecule has 2 aromatic heterocycles. The Kier molecular flexibility index (Phi) is 6.73. The number of carbonyl (C=O) groups excluding carboxylic acids is 1. The average Bonchev–Trinajstić information content (AvgIpc) is 3.15. The van der Waals surface area contributed by atoms with Crippen molar-refractivity contribution < 1.29 is 27.4 Å². The van der Waals surface area contributed by atoms with E-state index in [1.165, 1.54) is 7.11 Å². The number of rotatable bonds is 6. The quantitative estimate of drug-likeness (QED) is 0.580. The Bertz CT molecular complexity index is 1140. The molecular weight excluding hydrogens is 463 g/mol. The predicted molar refractivity (Wildman–Crippen MR) is 115 cm³/mol. The van der Waals surface area contributed by atoms with Crippen LogP contribution in [0.15, 0.2) is 30.3 Å². The summed E-state index contributed by atoms with van der Waals surface area (Å²) in [6.07, 6.45) is -4.75. The molecule has 0 aliphatic carbocycles. The van der Waals surface area contributed by atoms with Crippen molar-refractivity contribution in [3.63, 3.8) is 0 Å². The zero-order valence-electron chi connectivity index (χ0n) is 17.7. The summed E-state index contributed by atoms with van der Waals surface area (Å²) in [5.74, 6) is -0.118. The lowest BCUT2D eigenvalue weighted by atomic mass is 10.1. The lowest BCUT2D eigenvalue weighted by molar-refractivity contribution is -0.142. The fourth-order valence-corrected chi connectivity index (χ4v) is 3.73. The molecule has 1 aromatic carbocycles. The number of hydrogen-bond acceptors (Lipinski definition) is 6. The minimum Gasteiger partial charge on any atom is -0.497 e. The van der Waals surface area contributed by atoms with Crippen LogP contribution in [0.3, 0.4) is 0 Å². The molecule has 0 radical (unpaired) electrons. The summed E-state index contributed by atoms with van der Waals surface area (Å²) in [5.41, 5.74) is -1.19. The molecule has 0 bridgehead atoms. The Labute approximate surface area is 192 Å². The molecule has 12 heteroatoms. The van der Waals surface area contributed by atoms with Crippen LogP contribution in [0.1, 0.15) is 16.2 Å². The van der Waals surface area contributed by atoms with Gasteiger partial charge in [0.1, 0.15) is 10.8 Å². The molecular formula is C21H21ClF3N5O3. The van der Waals surface area contributed by atoms with Gasteiger partial charge in [-0.3, -0.25) is 9.69 Å². The molecule has 3 aromatic rings. The van der Waals surface area contributed by atoms with Gasteiger partial charge < -0.3 is 14.8 Å². The molecule has 4 rings (SSSR count). The molecule has 176 valence electrons. The molecule has 0 saturated carbocycles. The van der Waals surface area contributed by atoms with E-state index in [1.54, 1.807) is 24.3 Å². The summed E-state index contributed by atoms with van der Waals surface area (Å²) >= 11 is 6.29. The van der Waals surface area contributed by atoms with E-state index in [0.29, 0.717) is 42.1 Å². The van der Waals surface area contributed by atoms with E-state index in [2.05, 4.69) is 20.3 Å². The number of hydrogen-bond donors (Lipinski definition) is 1. The number of fused-ring (bicyclic) bond motifs is 1. The van der Waals surface area contributed by atoms with Crippen LogP contribution in [0.2, 0.25) is 5.02 Å². The second-order valence-electron chi connectivity index (χ2n) is 7.36.